The molecule has 0 radical (unpaired) electrons. The van der Waals surface area contributed by atoms with Gasteiger partial charge in [-0.25, -0.2) is 0 Å². The maximum Gasteiger partial charge on any atom is 0.229 e. The van der Waals surface area contributed by atoms with Crippen LogP contribution in [0.5, 0.6) is 0 Å². The average Bonchev–Trinajstić information content (AvgIpc) is 3.11. The van der Waals surface area contributed by atoms with Crippen LogP contribution in [0.15, 0.2) is 71.3 Å². The summed E-state index contributed by atoms with van der Waals surface area (Å²) in [6.07, 6.45) is 0.142. The van der Waals surface area contributed by atoms with E-state index < -0.39 is 0 Å². The van der Waals surface area contributed by atoms with Crippen molar-refractivity contribution in [1.82, 2.24) is 10.1 Å². The molecular formula is C20H20N2O3. The SMILES string of the molecule is O=C(Cc1cc(-c2ccccc2)on1)N(CCO)Cc1ccccc1. The normalized spacial score (nSPS) is 10.6. The molecule has 0 aliphatic heterocycles. The second-order valence-corrected chi connectivity index (χ2v) is 5.75. The third-order valence-electron chi connectivity index (χ3n) is 3.89. The Bertz CT molecular complexity index is 800. The zero-order valence-corrected chi connectivity index (χ0v) is 13.8. The predicted molar refractivity (Wildman–Crippen MR) is 94.6 cm³/mol. The Morgan fingerprint density at radius 1 is 1.04 bits per heavy atom. The van der Waals surface area contributed by atoms with Crippen LogP contribution in [0.1, 0.15) is 11.3 Å². The summed E-state index contributed by atoms with van der Waals surface area (Å²) in [5.41, 5.74) is 2.53. The Morgan fingerprint density at radius 2 is 1.72 bits per heavy atom. The number of benzene rings is 2. The number of amides is 1. The average molecular weight is 336 g/mol. The Morgan fingerprint density at radius 3 is 2.40 bits per heavy atom. The minimum absolute atomic E-state index is 0.0767. The van der Waals surface area contributed by atoms with Crippen molar-refractivity contribution in [1.29, 1.82) is 0 Å². The van der Waals surface area contributed by atoms with Crippen LogP contribution < -0.4 is 0 Å². The minimum atomic E-state index is -0.0918. The van der Waals surface area contributed by atoms with E-state index in [1.54, 1.807) is 11.0 Å². The first-order valence-corrected chi connectivity index (χ1v) is 8.20. The van der Waals surface area contributed by atoms with Crippen LogP contribution in [0.4, 0.5) is 0 Å². The zero-order chi connectivity index (χ0) is 17.5. The van der Waals surface area contributed by atoms with E-state index in [1.165, 1.54) is 0 Å². The highest BCUT2D eigenvalue weighted by Gasteiger charge is 2.17. The first-order valence-electron chi connectivity index (χ1n) is 8.20. The first-order chi connectivity index (χ1) is 12.3. The van der Waals surface area contributed by atoms with Gasteiger partial charge in [0.2, 0.25) is 5.91 Å². The van der Waals surface area contributed by atoms with Crippen LogP contribution >= 0.6 is 0 Å². The monoisotopic (exact) mass is 336 g/mol. The van der Waals surface area contributed by atoms with Gasteiger partial charge in [-0.2, -0.15) is 0 Å². The van der Waals surface area contributed by atoms with Gasteiger partial charge in [0, 0.05) is 24.7 Å². The van der Waals surface area contributed by atoms with Crippen LogP contribution in [-0.2, 0) is 17.8 Å². The van der Waals surface area contributed by atoms with Crippen molar-refractivity contribution in [3.8, 4) is 11.3 Å². The van der Waals surface area contributed by atoms with Crippen LogP contribution in [0.25, 0.3) is 11.3 Å². The third kappa shape index (κ3) is 4.55. The lowest BCUT2D eigenvalue weighted by molar-refractivity contribution is -0.131. The molecule has 1 amide bonds. The molecular weight excluding hydrogens is 316 g/mol. The summed E-state index contributed by atoms with van der Waals surface area (Å²) in [4.78, 5) is 14.2. The maximum absolute atomic E-state index is 12.6. The lowest BCUT2D eigenvalue weighted by Crippen LogP contribution is -2.34. The summed E-state index contributed by atoms with van der Waals surface area (Å²) in [7, 11) is 0. The van der Waals surface area contributed by atoms with Crippen molar-refractivity contribution in [3.05, 3.63) is 78.0 Å². The van der Waals surface area contributed by atoms with E-state index in [0.717, 1.165) is 11.1 Å². The van der Waals surface area contributed by atoms with Crippen LogP contribution in [0, 0.1) is 0 Å². The van der Waals surface area contributed by atoms with Gasteiger partial charge in [-0.05, 0) is 5.56 Å². The van der Waals surface area contributed by atoms with Gasteiger partial charge in [0.25, 0.3) is 0 Å². The predicted octanol–water partition coefficient (Wildman–Crippen LogP) is 2.91. The molecule has 3 rings (SSSR count). The second kappa shape index (κ2) is 8.26. The summed E-state index contributed by atoms with van der Waals surface area (Å²) in [5, 5.41) is 13.3. The number of aliphatic hydroxyl groups excluding tert-OH is 1. The maximum atomic E-state index is 12.6. The molecule has 2 aromatic carbocycles. The molecule has 0 aliphatic carbocycles. The largest absolute Gasteiger partial charge is 0.395 e. The summed E-state index contributed by atoms with van der Waals surface area (Å²) >= 11 is 0. The van der Waals surface area contributed by atoms with Gasteiger partial charge in [0.05, 0.1) is 18.7 Å². The van der Waals surface area contributed by atoms with Crippen LogP contribution in [0.2, 0.25) is 0 Å². The number of nitrogens with zero attached hydrogens (tertiary/aromatic N) is 2. The fourth-order valence-electron chi connectivity index (χ4n) is 2.62. The molecule has 5 nitrogen and oxygen atoms in total. The Hall–Kier alpha value is -2.92. The lowest BCUT2D eigenvalue weighted by Gasteiger charge is -2.21. The molecule has 0 unspecified atom stereocenters. The van der Waals surface area contributed by atoms with Crippen molar-refractivity contribution in [2.24, 2.45) is 0 Å². The summed E-state index contributed by atoms with van der Waals surface area (Å²) in [5.74, 6) is 0.547. The Kier molecular flexibility index (Phi) is 5.59. The number of hydrogen-bond donors (Lipinski definition) is 1. The van der Waals surface area contributed by atoms with E-state index in [0.29, 0.717) is 18.0 Å². The molecule has 0 atom stereocenters. The fraction of sp³-hybridized carbons (Fsp3) is 0.200. The highest BCUT2D eigenvalue weighted by atomic mass is 16.5. The first kappa shape index (κ1) is 16.9. The van der Waals surface area contributed by atoms with Crippen molar-refractivity contribution < 1.29 is 14.4 Å². The topological polar surface area (TPSA) is 66.6 Å². The number of rotatable bonds is 7. The van der Waals surface area contributed by atoms with Crippen molar-refractivity contribution in [2.45, 2.75) is 13.0 Å². The van der Waals surface area contributed by atoms with Crippen molar-refractivity contribution in [2.75, 3.05) is 13.2 Å². The molecule has 1 aromatic heterocycles. The van der Waals surface area contributed by atoms with Crippen molar-refractivity contribution >= 4 is 5.91 Å². The molecule has 0 fully saturated rings. The van der Waals surface area contributed by atoms with Gasteiger partial charge in [0.1, 0.15) is 0 Å². The number of aromatic nitrogens is 1. The molecule has 25 heavy (non-hydrogen) atoms. The molecule has 0 aliphatic rings. The quantitative estimate of drug-likeness (QED) is 0.720. The van der Waals surface area contributed by atoms with Gasteiger partial charge in [-0.15, -0.1) is 0 Å². The smallest absolute Gasteiger partial charge is 0.229 e. The van der Waals surface area contributed by atoms with Gasteiger partial charge in [-0.3, -0.25) is 4.79 Å². The molecule has 0 saturated heterocycles. The summed E-state index contributed by atoms with van der Waals surface area (Å²) < 4.78 is 5.34. The summed E-state index contributed by atoms with van der Waals surface area (Å²) in [6, 6.07) is 21.1. The molecule has 0 spiro atoms. The van der Waals surface area contributed by atoms with Gasteiger partial charge < -0.3 is 14.5 Å². The minimum Gasteiger partial charge on any atom is -0.395 e. The van der Waals surface area contributed by atoms with Gasteiger partial charge >= 0.3 is 0 Å². The van der Waals surface area contributed by atoms with Crippen molar-refractivity contribution in [3.63, 3.8) is 0 Å². The van der Waals surface area contributed by atoms with E-state index in [9.17, 15) is 9.90 Å². The molecule has 3 aromatic rings. The zero-order valence-electron chi connectivity index (χ0n) is 13.8. The lowest BCUT2D eigenvalue weighted by atomic mass is 10.1. The Labute approximate surface area is 146 Å². The number of carbonyl (C=O) groups excluding carboxylic acids is 1. The van der Waals surface area contributed by atoms with E-state index in [4.69, 9.17) is 4.52 Å². The number of carbonyl (C=O) groups is 1. The van der Waals surface area contributed by atoms with E-state index >= 15 is 0 Å². The standard InChI is InChI=1S/C20H20N2O3/c23-12-11-22(15-16-7-3-1-4-8-16)20(24)14-18-13-19(25-21-18)17-9-5-2-6-10-17/h1-10,13,23H,11-12,14-15H2. The molecule has 0 saturated carbocycles. The second-order valence-electron chi connectivity index (χ2n) is 5.75. The number of aliphatic hydroxyl groups is 1. The van der Waals surface area contributed by atoms with E-state index in [2.05, 4.69) is 5.16 Å². The molecule has 5 heteroatoms. The van der Waals surface area contributed by atoms with Crippen LogP contribution in [-0.4, -0.2) is 34.2 Å². The van der Waals surface area contributed by atoms with Crippen LogP contribution in [0.3, 0.4) is 0 Å². The number of hydrogen-bond acceptors (Lipinski definition) is 4. The van der Waals surface area contributed by atoms with Gasteiger partial charge in [0.15, 0.2) is 5.76 Å². The van der Waals surface area contributed by atoms with Gasteiger partial charge in [-0.1, -0.05) is 65.8 Å². The highest BCUT2D eigenvalue weighted by molar-refractivity contribution is 5.78. The molecule has 1 N–H and O–H groups in total. The van der Waals surface area contributed by atoms with E-state index in [1.807, 2.05) is 60.7 Å². The molecule has 128 valence electrons. The third-order valence-corrected chi connectivity index (χ3v) is 3.89. The molecule has 0 bridgehead atoms. The highest BCUT2D eigenvalue weighted by Crippen LogP contribution is 2.20. The summed E-state index contributed by atoms with van der Waals surface area (Å²) in [6.45, 7) is 0.674. The fourth-order valence-corrected chi connectivity index (χ4v) is 2.62. The van der Waals surface area contributed by atoms with E-state index in [-0.39, 0.29) is 25.5 Å². The Balaban J connectivity index is 1.68. The molecule has 1 heterocycles.